The maximum Gasteiger partial charge on any atom is 0.333 e. The molecule has 1 saturated heterocycles. The number of carbonyl (C=O) groups excluding carboxylic acids is 3. The van der Waals surface area contributed by atoms with E-state index in [9.17, 15) is 14.4 Å². The molecule has 1 heterocycles. The van der Waals surface area contributed by atoms with Crippen LogP contribution in [0.15, 0.2) is 12.8 Å². The van der Waals surface area contributed by atoms with E-state index in [-0.39, 0.29) is 25.9 Å². The largest absolute Gasteiger partial charge is 0.382 e. The Bertz CT molecular complexity index is 630. The summed E-state index contributed by atoms with van der Waals surface area (Å²) in [4.78, 5) is 49.5. The van der Waals surface area contributed by atoms with Crippen LogP contribution < -0.4 is 0 Å². The monoisotopic (exact) mass is 519 g/mol. The van der Waals surface area contributed by atoms with Gasteiger partial charge in [0.25, 0.3) is 11.8 Å². The molecule has 2 amide bonds. The second-order valence-electron chi connectivity index (χ2n) is 8.23. The van der Waals surface area contributed by atoms with Crippen molar-refractivity contribution in [2.45, 2.75) is 45.4 Å². The molecular formula is C24H41NO11. The average molecular weight is 520 g/mol. The molecular weight excluding hydrogens is 478 g/mol. The van der Waals surface area contributed by atoms with E-state index in [0.29, 0.717) is 70.9 Å². The quantitative estimate of drug-likeness (QED) is 0.0610. The molecule has 0 radical (unpaired) electrons. The van der Waals surface area contributed by atoms with Crippen LogP contribution in [0.3, 0.4) is 0 Å². The van der Waals surface area contributed by atoms with Crippen molar-refractivity contribution in [2.75, 3.05) is 73.2 Å². The van der Waals surface area contributed by atoms with Crippen LogP contribution in [0.25, 0.3) is 0 Å². The van der Waals surface area contributed by atoms with Gasteiger partial charge in [-0.3, -0.25) is 9.59 Å². The van der Waals surface area contributed by atoms with Crippen molar-refractivity contribution in [1.82, 2.24) is 5.06 Å². The zero-order valence-corrected chi connectivity index (χ0v) is 21.5. The lowest BCUT2D eigenvalue weighted by molar-refractivity contribution is -0.280. The standard InChI is InChI=1S/C24H41NO11/c1-4-30-17-24(20-35-34-5-2,18-32-14-13-29-3)19-33-16-15-31-12-8-6-7-9-23(28)36-25-21(26)10-11-22(25)27/h5H,2,4,6-20H2,1,3H3. The molecule has 12 nitrogen and oxygen atoms in total. The van der Waals surface area contributed by atoms with Crippen molar-refractivity contribution in [1.29, 1.82) is 0 Å². The molecule has 208 valence electrons. The summed E-state index contributed by atoms with van der Waals surface area (Å²) in [7, 11) is 1.61. The smallest absolute Gasteiger partial charge is 0.333 e. The predicted octanol–water partition coefficient (Wildman–Crippen LogP) is 1.96. The summed E-state index contributed by atoms with van der Waals surface area (Å²) in [5.41, 5.74) is -0.578. The molecule has 12 heteroatoms. The summed E-state index contributed by atoms with van der Waals surface area (Å²) >= 11 is 0. The van der Waals surface area contributed by atoms with E-state index in [1.807, 2.05) is 6.92 Å². The van der Waals surface area contributed by atoms with Crippen molar-refractivity contribution in [3.8, 4) is 0 Å². The second-order valence-corrected chi connectivity index (χ2v) is 8.23. The molecule has 1 fully saturated rings. The minimum absolute atomic E-state index is 0.0837. The Morgan fingerprint density at radius 3 is 2.17 bits per heavy atom. The fourth-order valence-corrected chi connectivity index (χ4v) is 3.17. The lowest BCUT2D eigenvalue weighted by atomic mass is 9.92. The van der Waals surface area contributed by atoms with Crippen LogP contribution >= 0.6 is 0 Å². The van der Waals surface area contributed by atoms with Crippen molar-refractivity contribution >= 4 is 17.8 Å². The van der Waals surface area contributed by atoms with Crippen LogP contribution in [0.5, 0.6) is 0 Å². The number of methoxy groups -OCH3 is 1. The zero-order valence-electron chi connectivity index (χ0n) is 21.5. The number of amides is 2. The highest BCUT2D eigenvalue weighted by Gasteiger charge is 2.34. The van der Waals surface area contributed by atoms with E-state index < -0.39 is 23.2 Å². The third-order valence-corrected chi connectivity index (χ3v) is 5.10. The van der Waals surface area contributed by atoms with Gasteiger partial charge in [-0.2, -0.15) is 4.89 Å². The number of rotatable bonds is 24. The maximum absolute atomic E-state index is 11.8. The first kappa shape index (κ1) is 31.9. The number of hydroxylamine groups is 2. The molecule has 0 aromatic rings. The molecule has 0 aromatic carbocycles. The number of hydrogen-bond donors (Lipinski definition) is 0. The Balaban J connectivity index is 2.21. The fraction of sp³-hybridized carbons (Fsp3) is 0.792. The molecule has 0 saturated carbocycles. The molecule has 1 unspecified atom stereocenters. The van der Waals surface area contributed by atoms with Crippen molar-refractivity contribution in [3.63, 3.8) is 0 Å². The molecule has 1 aliphatic rings. The van der Waals surface area contributed by atoms with Crippen molar-refractivity contribution in [3.05, 3.63) is 12.8 Å². The van der Waals surface area contributed by atoms with Gasteiger partial charge < -0.3 is 33.4 Å². The Morgan fingerprint density at radius 1 is 0.889 bits per heavy atom. The van der Waals surface area contributed by atoms with Crippen molar-refractivity contribution < 1.29 is 52.7 Å². The van der Waals surface area contributed by atoms with Crippen LogP contribution in [0.1, 0.15) is 45.4 Å². The van der Waals surface area contributed by atoms with Gasteiger partial charge in [0, 0.05) is 39.6 Å². The molecule has 0 aromatic heterocycles. The third-order valence-electron chi connectivity index (χ3n) is 5.10. The molecule has 0 bridgehead atoms. The van der Waals surface area contributed by atoms with E-state index in [0.717, 1.165) is 12.8 Å². The van der Waals surface area contributed by atoms with E-state index in [2.05, 4.69) is 6.58 Å². The van der Waals surface area contributed by atoms with E-state index >= 15 is 0 Å². The van der Waals surface area contributed by atoms with Gasteiger partial charge in [0.1, 0.15) is 12.9 Å². The average Bonchev–Trinajstić information content (AvgIpc) is 3.18. The van der Waals surface area contributed by atoms with E-state index in [4.69, 9.17) is 38.3 Å². The SMILES string of the molecule is C=COOCC(COCC)(COCCOC)COCCOCCCCCC(=O)ON1C(=O)CCC1=O. The number of ether oxygens (including phenoxy) is 5. The van der Waals surface area contributed by atoms with Crippen LogP contribution in [-0.4, -0.2) is 96.0 Å². The Kier molecular flexibility index (Phi) is 17.8. The van der Waals surface area contributed by atoms with Gasteiger partial charge in [0.2, 0.25) is 0 Å². The van der Waals surface area contributed by atoms with Gasteiger partial charge >= 0.3 is 5.97 Å². The fourth-order valence-electron chi connectivity index (χ4n) is 3.17. The lowest BCUT2D eigenvalue weighted by Crippen LogP contribution is -2.42. The van der Waals surface area contributed by atoms with Crippen molar-refractivity contribution in [2.24, 2.45) is 5.41 Å². The molecule has 0 spiro atoms. The Morgan fingerprint density at radius 2 is 1.53 bits per heavy atom. The van der Waals surface area contributed by atoms with Gasteiger partial charge in [-0.25, -0.2) is 4.79 Å². The second kappa shape index (κ2) is 20.0. The highest BCUT2D eigenvalue weighted by Crippen LogP contribution is 2.21. The molecule has 1 rings (SSSR count). The molecule has 1 atom stereocenters. The van der Waals surface area contributed by atoms with Crippen LogP contribution in [-0.2, 0) is 52.7 Å². The molecule has 0 N–H and O–H groups in total. The zero-order chi connectivity index (χ0) is 26.5. The Labute approximate surface area is 212 Å². The Hall–Kier alpha value is -2.09. The first-order valence-electron chi connectivity index (χ1n) is 12.2. The van der Waals surface area contributed by atoms with Crippen LogP contribution in [0.2, 0.25) is 0 Å². The van der Waals surface area contributed by atoms with Gasteiger partial charge in [-0.15, -0.1) is 5.06 Å². The normalized spacial score (nSPS) is 15.2. The van der Waals surface area contributed by atoms with Gasteiger partial charge in [0.15, 0.2) is 0 Å². The van der Waals surface area contributed by atoms with Gasteiger partial charge in [0.05, 0.1) is 51.7 Å². The third kappa shape index (κ3) is 13.9. The summed E-state index contributed by atoms with van der Waals surface area (Å²) in [5.74, 6) is -1.54. The number of imide groups is 1. The number of nitrogens with zero attached hydrogens (tertiary/aromatic N) is 1. The summed E-state index contributed by atoms with van der Waals surface area (Å²) in [6, 6.07) is 0. The summed E-state index contributed by atoms with van der Waals surface area (Å²) in [6.07, 6.45) is 3.57. The number of carbonyl (C=O) groups is 3. The summed E-state index contributed by atoms with van der Waals surface area (Å²) in [6.45, 7) is 9.31. The summed E-state index contributed by atoms with van der Waals surface area (Å²) < 4.78 is 27.8. The van der Waals surface area contributed by atoms with Gasteiger partial charge in [-0.05, 0) is 19.8 Å². The van der Waals surface area contributed by atoms with Crippen LogP contribution in [0.4, 0.5) is 0 Å². The minimum Gasteiger partial charge on any atom is -0.382 e. The first-order chi connectivity index (χ1) is 17.5. The molecule has 1 aliphatic heterocycles. The number of hydrogen-bond acceptors (Lipinski definition) is 11. The predicted molar refractivity (Wildman–Crippen MR) is 126 cm³/mol. The highest BCUT2D eigenvalue weighted by molar-refractivity contribution is 6.01. The minimum atomic E-state index is -0.586. The highest BCUT2D eigenvalue weighted by atomic mass is 17.2. The number of unbranched alkanes of at least 4 members (excludes halogenated alkanes) is 2. The summed E-state index contributed by atoms with van der Waals surface area (Å²) in [5, 5.41) is 0.568. The van der Waals surface area contributed by atoms with E-state index in [1.165, 1.54) is 6.26 Å². The van der Waals surface area contributed by atoms with Crippen LogP contribution in [0, 0.1) is 5.41 Å². The maximum atomic E-state index is 11.8. The molecule has 36 heavy (non-hydrogen) atoms. The van der Waals surface area contributed by atoms with Gasteiger partial charge in [-0.1, -0.05) is 13.0 Å². The topological polar surface area (TPSA) is 128 Å². The van der Waals surface area contributed by atoms with E-state index in [1.54, 1.807) is 7.11 Å². The molecule has 0 aliphatic carbocycles. The first-order valence-corrected chi connectivity index (χ1v) is 12.2. The lowest BCUT2D eigenvalue weighted by Gasteiger charge is -2.32.